The second-order valence-corrected chi connectivity index (χ2v) is 8.54. The number of allylic oxidation sites excluding steroid dienone is 3. The van der Waals surface area contributed by atoms with Gasteiger partial charge in [0.2, 0.25) is 0 Å². The van der Waals surface area contributed by atoms with E-state index in [0.29, 0.717) is 17.1 Å². The zero-order valence-electron chi connectivity index (χ0n) is 14.0. The third kappa shape index (κ3) is 3.00. The molecule has 0 N–H and O–H groups in total. The molecule has 0 spiro atoms. The summed E-state index contributed by atoms with van der Waals surface area (Å²) in [6.07, 6.45) is 12.8. The van der Waals surface area contributed by atoms with E-state index in [2.05, 4.69) is 34.8 Å². The predicted molar refractivity (Wildman–Crippen MR) is 95.9 cm³/mol. The van der Waals surface area contributed by atoms with Crippen molar-refractivity contribution in [3.05, 3.63) is 22.2 Å². The van der Waals surface area contributed by atoms with Crippen LogP contribution in [0.1, 0.15) is 71.6 Å². The summed E-state index contributed by atoms with van der Waals surface area (Å²) in [7, 11) is 0. The minimum Gasteiger partial charge on any atom is -0.295 e. The van der Waals surface area contributed by atoms with Crippen molar-refractivity contribution in [3.8, 4) is 0 Å². The summed E-state index contributed by atoms with van der Waals surface area (Å²) in [5, 5.41) is 0. The lowest BCUT2D eigenvalue weighted by Gasteiger charge is -2.44. The molecular formula is C20H29BrO. The van der Waals surface area contributed by atoms with Gasteiger partial charge in [-0.05, 0) is 85.6 Å². The van der Waals surface area contributed by atoms with Crippen molar-refractivity contribution in [1.82, 2.24) is 0 Å². The molecule has 0 aromatic carbocycles. The molecule has 3 rings (SSSR count). The van der Waals surface area contributed by atoms with E-state index in [1.165, 1.54) is 37.7 Å². The van der Waals surface area contributed by atoms with E-state index in [4.69, 9.17) is 0 Å². The van der Waals surface area contributed by atoms with Gasteiger partial charge in [0, 0.05) is 6.42 Å². The van der Waals surface area contributed by atoms with E-state index < -0.39 is 0 Å². The van der Waals surface area contributed by atoms with Crippen LogP contribution in [-0.4, -0.2) is 5.78 Å². The minimum absolute atomic E-state index is 0.353. The summed E-state index contributed by atoms with van der Waals surface area (Å²) in [6.45, 7) is 4.98. The highest BCUT2D eigenvalue weighted by atomic mass is 79.9. The molecular weight excluding hydrogens is 336 g/mol. The normalized spacial score (nSPS) is 38.8. The number of ketones is 1. The van der Waals surface area contributed by atoms with Crippen molar-refractivity contribution in [2.75, 3.05) is 0 Å². The molecule has 3 aliphatic rings. The lowest BCUT2D eigenvalue weighted by atomic mass is 9.61. The zero-order chi connectivity index (χ0) is 15.7. The fourth-order valence-corrected chi connectivity index (χ4v) is 6.27. The number of rotatable bonds is 3. The molecule has 2 fully saturated rings. The van der Waals surface area contributed by atoms with Gasteiger partial charge >= 0.3 is 0 Å². The molecule has 1 unspecified atom stereocenters. The van der Waals surface area contributed by atoms with Crippen molar-refractivity contribution >= 4 is 21.7 Å². The van der Waals surface area contributed by atoms with Crippen LogP contribution in [0.5, 0.6) is 0 Å². The first-order chi connectivity index (χ1) is 10.5. The molecule has 0 amide bonds. The first-order valence-corrected chi connectivity index (χ1v) is 9.97. The van der Waals surface area contributed by atoms with E-state index >= 15 is 0 Å². The van der Waals surface area contributed by atoms with Gasteiger partial charge in [0.25, 0.3) is 0 Å². The highest BCUT2D eigenvalue weighted by Crippen LogP contribution is 2.60. The van der Waals surface area contributed by atoms with Gasteiger partial charge in [0.05, 0.1) is 0 Å². The zero-order valence-corrected chi connectivity index (χ0v) is 15.6. The van der Waals surface area contributed by atoms with Crippen molar-refractivity contribution < 1.29 is 4.79 Å². The Kier molecular flexibility index (Phi) is 4.97. The average molecular weight is 365 g/mol. The Balaban J connectivity index is 1.73. The fraction of sp³-hybridized carbons (Fsp3) is 0.750. The summed E-state index contributed by atoms with van der Waals surface area (Å²) in [6, 6.07) is 0. The molecule has 0 aliphatic heterocycles. The van der Waals surface area contributed by atoms with E-state index in [0.717, 1.165) is 37.5 Å². The van der Waals surface area contributed by atoms with Crippen molar-refractivity contribution in [1.29, 1.82) is 0 Å². The van der Waals surface area contributed by atoms with E-state index in [9.17, 15) is 4.79 Å². The lowest BCUT2D eigenvalue weighted by Crippen LogP contribution is -2.36. The van der Waals surface area contributed by atoms with Crippen LogP contribution in [0.15, 0.2) is 22.2 Å². The van der Waals surface area contributed by atoms with Crippen LogP contribution in [-0.2, 0) is 4.79 Å². The maximum atomic E-state index is 11.7. The third-order valence-electron chi connectivity index (χ3n) is 6.74. The fourth-order valence-electron chi connectivity index (χ4n) is 5.72. The summed E-state index contributed by atoms with van der Waals surface area (Å²) in [5.74, 6) is 2.67. The lowest BCUT2D eigenvalue weighted by molar-refractivity contribution is -0.115. The van der Waals surface area contributed by atoms with Gasteiger partial charge < -0.3 is 0 Å². The van der Waals surface area contributed by atoms with E-state index in [1.807, 2.05) is 6.08 Å². The molecule has 3 aliphatic carbocycles. The quantitative estimate of drug-likeness (QED) is 0.583. The van der Waals surface area contributed by atoms with Gasteiger partial charge in [0.1, 0.15) is 0 Å². The molecule has 122 valence electrons. The summed E-state index contributed by atoms with van der Waals surface area (Å²) in [5.41, 5.74) is 3.55. The van der Waals surface area contributed by atoms with Gasteiger partial charge in [-0.3, -0.25) is 4.79 Å². The van der Waals surface area contributed by atoms with Gasteiger partial charge in [-0.1, -0.05) is 40.9 Å². The second kappa shape index (κ2) is 6.63. The van der Waals surface area contributed by atoms with Crippen LogP contribution >= 0.6 is 15.9 Å². The number of carbonyl (C=O) groups is 1. The van der Waals surface area contributed by atoms with E-state index in [1.54, 1.807) is 5.57 Å². The molecule has 22 heavy (non-hydrogen) atoms. The largest absolute Gasteiger partial charge is 0.295 e. The molecule has 0 heterocycles. The molecule has 2 saturated carbocycles. The van der Waals surface area contributed by atoms with Crippen LogP contribution in [0.2, 0.25) is 0 Å². The molecule has 0 saturated heterocycles. The highest BCUT2D eigenvalue weighted by Gasteiger charge is 2.50. The van der Waals surface area contributed by atoms with Gasteiger partial charge in [-0.2, -0.15) is 0 Å². The van der Waals surface area contributed by atoms with Crippen LogP contribution in [0.4, 0.5) is 0 Å². The van der Waals surface area contributed by atoms with Gasteiger partial charge in [-0.15, -0.1) is 0 Å². The molecule has 0 aromatic rings. The number of fused-ring (bicyclic) bond motifs is 1. The number of hydrogen-bond acceptors (Lipinski definition) is 1. The maximum Gasteiger partial charge on any atom is 0.155 e. The van der Waals surface area contributed by atoms with Crippen molar-refractivity contribution in [2.24, 2.45) is 23.2 Å². The summed E-state index contributed by atoms with van der Waals surface area (Å²) < 4.78 is 0. The highest BCUT2D eigenvalue weighted by molar-refractivity contribution is 9.11. The van der Waals surface area contributed by atoms with Crippen LogP contribution < -0.4 is 0 Å². The summed E-state index contributed by atoms with van der Waals surface area (Å²) in [4.78, 5) is 13.9. The molecule has 0 bridgehead atoms. The minimum atomic E-state index is 0.353. The monoisotopic (exact) mass is 364 g/mol. The Morgan fingerprint density at radius 2 is 2.14 bits per heavy atom. The molecule has 0 aromatic heterocycles. The molecule has 1 nitrogen and oxygen atoms in total. The SMILES string of the molecule is C[C@H](CC1=CC(=O)CCC1)[C@H]1CCC2C(=CBr)CCC[C@@]21C. The maximum absolute atomic E-state index is 11.7. The first-order valence-electron chi connectivity index (χ1n) is 9.06. The Labute approximate surface area is 143 Å². The van der Waals surface area contributed by atoms with Crippen molar-refractivity contribution in [2.45, 2.75) is 71.6 Å². The number of halogens is 1. The van der Waals surface area contributed by atoms with E-state index in [-0.39, 0.29) is 0 Å². The Hall–Kier alpha value is -0.370. The van der Waals surface area contributed by atoms with Crippen LogP contribution in [0, 0.1) is 23.2 Å². The number of carbonyl (C=O) groups excluding carboxylic acids is 1. The Morgan fingerprint density at radius 3 is 2.86 bits per heavy atom. The molecule has 4 atom stereocenters. The van der Waals surface area contributed by atoms with Gasteiger partial charge in [-0.25, -0.2) is 0 Å². The van der Waals surface area contributed by atoms with Crippen molar-refractivity contribution in [3.63, 3.8) is 0 Å². The standard InChI is InChI=1S/C20H29BrO/c1-14(11-15-5-3-7-17(22)12-15)18-8-9-19-16(13-21)6-4-10-20(18,19)2/h12-14,18-19H,3-11H2,1-2H3/t14-,18-,19?,20-/m1/s1. The summed E-state index contributed by atoms with van der Waals surface area (Å²) >= 11 is 3.61. The second-order valence-electron chi connectivity index (χ2n) is 8.08. The molecule has 0 radical (unpaired) electrons. The topological polar surface area (TPSA) is 17.1 Å². The van der Waals surface area contributed by atoms with Crippen LogP contribution in [0.3, 0.4) is 0 Å². The molecule has 2 heteroatoms. The third-order valence-corrected chi connectivity index (χ3v) is 7.32. The smallest absolute Gasteiger partial charge is 0.155 e. The Morgan fingerprint density at radius 1 is 1.32 bits per heavy atom. The van der Waals surface area contributed by atoms with Gasteiger partial charge in [0.15, 0.2) is 5.78 Å². The van der Waals surface area contributed by atoms with Crippen LogP contribution in [0.25, 0.3) is 0 Å². The Bertz CT molecular complexity index is 504. The predicted octanol–water partition coefficient (Wildman–Crippen LogP) is 6.19. The first kappa shape index (κ1) is 16.5. The average Bonchev–Trinajstić information content (AvgIpc) is 2.84. The number of hydrogen-bond donors (Lipinski definition) is 0.